The van der Waals surface area contributed by atoms with Gasteiger partial charge in [0.2, 0.25) is 5.91 Å². The lowest BCUT2D eigenvalue weighted by Crippen LogP contribution is -2.37. The number of nitrogens with two attached hydrogens (primary N) is 3. The number of guanidine groups is 1. The van der Waals surface area contributed by atoms with Crippen molar-refractivity contribution in [2.45, 2.75) is 57.9 Å². The van der Waals surface area contributed by atoms with E-state index in [4.69, 9.17) is 21.9 Å². The summed E-state index contributed by atoms with van der Waals surface area (Å²) in [6.07, 6.45) is 5.83. The van der Waals surface area contributed by atoms with Crippen molar-refractivity contribution >= 4 is 18.0 Å². The molecule has 0 aliphatic heterocycles. The molecule has 0 fully saturated rings. The summed E-state index contributed by atoms with van der Waals surface area (Å²) in [5.41, 5.74) is 16.1. The average Bonchev–Trinajstić information content (AvgIpc) is 2.63. The van der Waals surface area contributed by atoms with Gasteiger partial charge in [0.25, 0.3) is 0 Å². The van der Waals surface area contributed by atoms with Gasteiger partial charge in [-0.2, -0.15) is 0 Å². The Kier molecular flexibility index (Phi) is 16.9. The molecule has 0 aromatic heterocycles. The molecule has 0 unspecified atom stereocenters. The molecule has 0 spiro atoms. The lowest BCUT2D eigenvalue weighted by molar-refractivity contribution is -0.120. The third-order valence-corrected chi connectivity index (χ3v) is 3.85. The van der Waals surface area contributed by atoms with E-state index in [0.29, 0.717) is 19.7 Å². The number of ether oxygens (including phenoxy) is 1. The van der Waals surface area contributed by atoms with E-state index < -0.39 is 6.09 Å². The first kappa shape index (κ1) is 25.9. The first-order valence-electron chi connectivity index (χ1n) is 10.1. The minimum absolute atomic E-state index is 0.0812. The van der Waals surface area contributed by atoms with Crippen molar-refractivity contribution in [1.29, 1.82) is 0 Å². The first-order valence-corrected chi connectivity index (χ1v) is 10.1. The Balaban J connectivity index is 3.39. The maximum Gasteiger partial charge on any atom is 0.407 e. The van der Waals surface area contributed by atoms with Crippen LogP contribution in [0.5, 0.6) is 0 Å². The Bertz CT molecular complexity index is 441. The largest absolute Gasteiger partial charge is 0.450 e. The number of alkyl carbamates (subject to hydrolysis) is 1. The topological polar surface area (TPSA) is 170 Å². The van der Waals surface area contributed by atoms with E-state index in [0.717, 1.165) is 58.0 Å². The van der Waals surface area contributed by atoms with Gasteiger partial charge in [0.15, 0.2) is 5.96 Å². The van der Waals surface area contributed by atoms with E-state index >= 15 is 0 Å². The number of aliphatic imine (C=N–C) groups is 1. The highest BCUT2D eigenvalue weighted by atomic mass is 16.5. The molecule has 10 nitrogen and oxygen atoms in total. The third kappa shape index (κ3) is 20.2. The van der Waals surface area contributed by atoms with Crippen LogP contribution in [0.4, 0.5) is 4.79 Å². The van der Waals surface area contributed by atoms with Gasteiger partial charge < -0.3 is 37.9 Å². The number of unbranched alkanes of at least 4 members (excludes halogenated alkanes) is 4. The highest BCUT2D eigenvalue weighted by Gasteiger charge is 2.05. The summed E-state index contributed by atoms with van der Waals surface area (Å²) >= 11 is 0. The molecule has 0 aliphatic rings. The number of nitrogens with zero attached hydrogens (tertiary/aromatic N) is 1. The molecule has 0 aromatic rings. The maximum absolute atomic E-state index is 11.6. The molecule has 0 heterocycles. The van der Waals surface area contributed by atoms with Gasteiger partial charge in [-0.3, -0.25) is 9.79 Å². The van der Waals surface area contributed by atoms with Crippen LogP contribution in [-0.4, -0.2) is 63.3 Å². The average molecular weight is 402 g/mol. The molecular weight excluding hydrogens is 362 g/mol. The fourth-order valence-corrected chi connectivity index (χ4v) is 2.26. The van der Waals surface area contributed by atoms with Crippen molar-refractivity contribution in [1.82, 2.24) is 16.0 Å². The minimum atomic E-state index is -0.570. The van der Waals surface area contributed by atoms with Gasteiger partial charge in [-0.1, -0.05) is 12.8 Å². The quantitative estimate of drug-likeness (QED) is 0.111. The number of amides is 2. The zero-order valence-corrected chi connectivity index (χ0v) is 17.2. The SMILES string of the molecule is C[C@H](N)CCNCCCCOC(=O)NCC(=O)NCCCCCCN=C(N)N. The molecule has 0 aromatic carbocycles. The fraction of sp³-hybridized carbons (Fsp3) is 0.833. The van der Waals surface area contributed by atoms with Gasteiger partial charge in [0.05, 0.1) is 13.2 Å². The Morgan fingerprint density at radius 3 is 2.39 bits per heavy atom. The zero-order chi connectivity index (χ0) is 21.0. The smallest absolute Gasteiger partial charge is 0.407 e. The monoisotopic (exact) mass is 401 g/mol. The molecule has 1 atom stereocenters. The number of hydrogen-bond acceptors (Lipinski definition) is 6. The van der Waals surface area contributed by atoms with Crippen LogP contribution >= 0.6 is 0 Å². The highest BCUT2D eigenvalue weighted by Crippen LogP contribution is 1.98. The van der Waals surface area contributed by atoms with Crippen LogP contribution in [0.25, 0.3) is 0 Å². The molecule has 164 valence electrons. The molecule has 0 rings (SSSR count). The summed E-state index contributed by atoms with van der Waals surface area (Å²) in [5, 5.41) is 8.48. The molecule has 9 N–H and O–H groups in total. The van der Waals surface area contributed by atoms with E-state index in [1.165, 1.54) is 0 Å². The molecule has 0 radical (unpaired) electrons. The molecule has 0 saturated carbocycles. The van der Waals surface area contributed by atoms with Crippen LogP contribution in [0.3, 0.4) is 0 Å². The molecule has 0 aliphatic carbocycles. The molecule has 0 bridgehead atoms. The van der Waals surface area contributed by atoms with E-state index in [9.17, 15) is 9.59 Å². The standard InChI is InChI=1S/C18H39N7O3/c1-15(19)8-12-22-9-6-7-13-28-18(27)25-14-16(26)23-10-4-2-3-5-11-24-17(20)21/h15,22H,2-14,19H2,1H3,(H,23,26)(H,25,27)(H4,20,21,24)/t15-/m0/s1. The van der Waals surface area contributed by atoms with Crippen LogP contribution in [0.15, 0.2) is 4.99 Å². The number of nitrogens with one attached hydrogen (secondary N) is 3. The number of rotatable bonds is 17. The second-order valence-corrected chi connectivity index (χ2v) is 6.78. The second kappa shape index (κ2) is 18.3. The molecule has 0 saturated heterocycles. The van der Waals surface area contributed by atoms with Crippen molar-refractivity contribution in [3.8, 4) is 0 Å². The van der Waals surface area contributed by atoms with Gasteiger partial charge in [-0.15, -0.1) is 0 Å². The van der Waals surface area contributed by atoms with Gasteiger partial charge in [0.1, 0.15) is 0 Å². The summed E-state index contributed by atoms with van der Waals surface area (Å²) in [5.74, 6) is -0.112. The first-order chi connectivity index (χ1) is 13.4. The Labute approximate surface area is 168 Å². The summed E-state index contributed by atoms with van der Waals surface area (Å²) in [7, 11) is 0. The maximum atomic E-state index is 11.6. The highest BCUT2D eigenvalue weighted by molar-refractivity contribution is 5.82. The Morgan fingerprint density at radius 2 is 1.68 bits per heavy atom. The summed E-state index contributed by atoms with van der Waals surface area (Å²) in [6, 6.07) is 0.207. The molecule has 10 heteroatoms. The molecule has 2 amide bonds. The van der Waals surface area contributed by atoms with E-state index in [1.807, 2.05) is 6.92 Å². The predicted octanol–water partition coefficient (Wildman–Crippen LogP) is -0.230. The van der Waals surface area contributed by atoms with Crippen molar-refractivity contribution < 1.29 is 14.3 Å². The molecule has 28 heavy (non-hydrogen) atoms. The van der Waals surface area contributed by atoms with Crippen molar-refractivity contribution in [2.24, 2.45) is 22.2 Å². The normalized spacial score (nSPS) is 11.5. The van der Waals surface area contributed by atoms with Crippen LogP contribution in [-0.2, 0) is 9.53 Å². The second-order valence-electron chi connectivity index (χ2n) is 6.78. The number of carbonyl (C=O) groups is 2. The van der Waals surface area contributed by atoms with E-state index in [1.54, 1.807) is 0 Å². The van der Waals surface area contributed by atoms with E-state index in [-0.39, 0.29) is 24.5 Å². The Morgan fingerprint density at radius 1 is 0.964 bits per heavy atom. The Hall–Kier alpha value is -2.07. The van der Waals surface area contributed by atoms with Crippen LogP contribution in [0.2, 0.25) is 0 Å². The number of carbonyl (C=O) groups excluding carboxylic acids is 2. The summed E-state index contributed by atoms with van der Waals surface area (Å²) in [4.78, 5) is 27.1. The van der Waals surface area contributed by atoms with Crippen LogP contribution in [0, 0.1) is 0 Å². The lowest BCUT2D eigenvalue weighted by atomic mass is 10.2. The van der Waals surface area contributed by atoms with Crippen LogP contribution in [0.1, 0.15) is 51.9 Å². The predicted molar refractivity (Wildman–Crippen MR) is 112 cm³/mol. The van der Waals surface area contributed by atoms with Crippen molar-refractivity contribution in [3.63, 3.8) is 0 Å². The summed E-state index contributed by atoms with van der Waals surface area (Å²) in [6.45, 7) is 5.21. The fourth-order valence-electron chi connectivity index (χ4n) is 2.26. The lowest BCUT2D eigenvalue weighted by Gasteiger charge is -2.09. The number of hydrogen-bond donors (Lipinski definition) is 6. The van der Waals surface area contributed by atoms with Gasteiger partial charge in [-0.05, 0) is 52.1 Å². The van der Waals surface area contributed by atoms with Crippen molar-refractivity contribution in [2.75, 3.05) is 39.3 Å². The van der Waals surface area contributed by atoms with Gasteiger partial charge in [0, 0.05) is 19.1 Å². The van der Waals surface area contributed by atoms with Gasteiger partial charge >= 0.3 is 6.09 Å². The summed E-state index contributed by atoms with van der Waals surface area (Å²) < 4.78 is 5.03. The minimum Gasteiger partial charge on any atom is -0.450 e. The van der Waals surface area contributed by atoms with Crippen molar-refractivity contribution in [3.05, 3.63) is 0 Å². The van der Waals surface area contributed by atoms with Gasteiger partial charge in [-0.25, -0.2) is 4.79 Å². The van der Waals surface area contributed by atoms with E-state index in [2.05, 4.69) is 20.9 Å². The molecular formula is C18H39N7O3. The zero-order valence-electron chi connectivity index (χ0n) is 17.2. The third-order valence-electron chi connectivity index (χ3n) is 3.85. The van der Waals surface area contributed by atoms with Crippen LogP contribution < -0.4 is 33.2 Å².